The summed E-state index contributed by atoms with van der Waals surface area (Å²) < 4.78 is 40.9. The topological polar surface area (TPSA) is 32.7 Å². The van der Waals surface area contributed by atoms with Crippen LogP contribution in [0.1, 0.15) is 25.5 Å². The van der Waals surface area contributed by atoms with Crippen molar-refractivity contribution in [2.45, 2.75) is 31.9 Å². The lowest BCUT2D eigenvalue weighted by Gasteiger charge is -2.37. The van der Waals surface area contributed by atoms with Crippen molar-refractivity contribution >= 4 is 0 Å². The predicted octanol–water partition coefficient (Wildman–Crippen LogP) is 2.96. The molecule has 6 heteroatoms. The van der Waals surface area contributed by atoms with Crippen molar-refractivity contribution in [3.8, 4) is 5.75 Å². The Morgan fingerprint density at radius 2 is 1.68 bits per heavy atom. The summed E-state index contributed by atoms with van der Waals surface area (Å²) in [6.45, 7) is 3.48. The third-order valence-electron chi connectivity index (χ3n) is 3.26. The van der Waals surface area contributed by atoms with E-state index in [1.54, 1.807) is 38.9 Å². The van der Waals surface area contributed by atoms with Crippen LogP contribution in [0.25, 0.3) is 0 Å². The van der Waals surface area contributed by atoms with Crippen LogP contribution in [-0.4, -0.2) is 36.0 Å². The van der Waals surface area contributed by atoms with Crippen LogP contribution in [0.4, 0.5) is 13.2 Å². The standard InChI is InChI=1S/C13H18F3NO2/c1-12(2,17(3)4)11(18)9-7-5-6-8-10(9)19-13(14,15)16/h5-8,11,18H,1-4H3. The van der Waals surface area contributed by atoms with E-state index in [1.807, 2.05) is 0 Å². The highest BCUT2D eigenvalue weighted by Gasteiger charge is 2.36. The van der Waals surface area contributed by atoms with Gasteiger partial charge in [0.1, 0.15) is 11.9 Å². The molecule has 0 radical (unpaired) electrons. The molecule has 1 unspecified atom stereocenters. The third-order valence-corrected chi connectivity index (χ3v) is 3.26. The zero-order valence-corrected chi connectivity index (χ0v) is 11.3. The average molecular weight is 277 g/mol. The van der Waals surface area contributed by atoms with Crippen molar-refractivity contribution in [2.24, 2.45) is 0 Å². The van der Waals surface area contributed by atoms with Gasteiger partial charge in [0.25, 0.3) is 0 Å². The minimum Gasteiger partial charge on any atom is -0.405 e. The Kier molecular flexibility index (Phi) is 4.47. The van der Waals surface area contributed by atoms with Crippen LogP contribution in [0.2, 0.25) is 0 Å². The number of alkyl halides is 3. The summed E-state index contributed by atoms with van der Waals surface area (Å²) >= 11 is 0. The van der Waals surface area contributed by atoms with Crippen molar-refractivity contribution in [1.29, 1.82) is 0 Å². The maximum atomic E-state index is 12.3. The van der Waals surface area contributed by atoms with Gasteiger partial charge in [-0.1, -0.05) is 18.2 Å². The molecule has 108 valence electrons. The fraction of sp³-hybridized carbons (Fsp3) is 0.538. The van der Waals surface area contributed by atoms with Gasteiger partial charge in [0, 0.05) is 11.1 Å². The van der Waals surface area contributed by atoms with E-state index >= 15 is 0 Å². The fourth-order valence-corrected chi connectivity index (χ4v) is 1.55. The summed E-state index contributed by atoms with van der Waals surface area (Å²) in [5.74, 6) is -0.377. The molecule has 0 aliphatic heterocycles. The van der Waals surface area contributed by atoms with Gasteiger partial charge in [0.05, 0.1) is 0 Å². The molecule has 19 heavy (non-hydrogen) atoms. The first-order chi connectivity index (χ1) is 8.55. The largest absolute Gasteiger partial charge is 0.573 e. The Bertz CT molecular complexity index is 430. The van der Waals surface area contributed by atoms with Gasteiger partial charge in [-0.3, -0.25) is 0 Å². The molecular weight excluding hydrogens is 259 g/mol. The molecule has 1 aromatic carbocycles. The van der Waals surface area contributed by atoms with Crippen molar-refractivity contribution < 1.29 is 23.0 Å². The van der Waals surface area contributed by atoms with E-state index in [1.165, 1.54) is 18.2 Å². The summed E-state index contributed by atoms with van der Waals surface area (Å²) in [4.78, 5) is 1.74. The SMILES string of the molecule is CN(C)C(C)(C)C(O)c1ccccc1OC(F)(F)F. The van der Waals surface area contributed by atoms with Crippen LogP contribution in [0, 0.1) is 0 Å². The Labute approximate surface area is 110 Å². The monoisotopic (exact) mass is 277 g/mol. The van der Waals surface area contributed by atoms with E-state index in [2.05, 4.69) is 4.74 Å². The third kappa shape index (κ3) is 3.84. The van der Waals surface area contributed by atoms with E-state index in [0.717, 1.165) is 0 Å². The molecule has 0 aliphatic carbocycles. The molecule has 1 N–H and O–H groups in total. The minimum atomic E-state index is -4.78. The number of likely N-dealkylation sites (N-methyl/N-ethyl adjacent to an activating group) is 1. The van der Waals surface area contributed by atoms with E-state index in [9.17, 15) is 18.3 Å². The predicted molar refractivity (Wildman–Crippen MR) is 65.9 cm³/mol. The van der Waals surface area contributed by atoms with Crippen molar-refractivity contribution in [2.75, 3.05) is 14.1 Å². The number of hydrogen-bond donors (Lipinski definition) is 1. The molecule has 0 fully saturated rings. The molecule has 0 saturated heterocycles. The smallest absolute Gasteiger partial charge is 0.405 e. The van der Waals surface area contributed by atoms with E-state index in [0.29, 0.717) is 0 Å². The van der Waals surface area contributed by atoms with E-state index in [4.69, 9.17) is 0 Å². The Balaban J connectivity index is 3.14. The number of benzene rings is 1. The number of nitrogens with zero attached hydrogens (tertiary/aromatic N) is 1. The van der Waals surface area contributed by atoms with Crippen LogP contribution >= 0.6 is 0 Å². The lowest BCUT2D eigenvalue weighted by molar-refractivity contribution is -0.275. The molecule has 3 nitrogen and oxygen atoms in total. The lowest BCUT2D eigenvalue weighted by Crippen LogP contribution is -2.44. The summed E-state index contributed by atoms with van der Waals surface area (Å²) in [7, 11) is 3.49. The maximum Gasteiger partial charge on any atom is 0.573 e. The molecule has 0 saturated carbocycles. The van der Waals surface area contributed by atoms with Crippen LogP contribution in [0.15, 0.2) is 24.3 Å². The van der Waals surface area contributed by atoms with Gasteiger partial charge < -0.3 is 14.7 Å². The number of aliphatic hydroxyl groups is 1. The maximum absolute atomic E-state index is 12.3. The van der Waals surface area contributed by atoms with E-state index in [-0.39, 0.29) is 11.3 Å². The zero-order valence-electron chi connectivity index (χ0n) is 11.3. The van der Waals surface area contributed by atoms with Crippen LogP contribution in [-0.2, 0) is 0 Å². The number of aliphatic hydroxyl groups excluding tert-OH is 1. The highest BCUT2D eigenvalue weighted by Crippen LogP contribution is 2.36. The highest BCUT2D eigenvalue weighted by molar-refractivity contribution is 5.36. The van der Waals surface area contributed by atoms with Gasteiger partial charge in [-0.05, 0) is 34.0 Å². The Hall–Kier alpha value is -1.27. The molecule has 1 rings (SSSR count). The first-order valence-electron chi connectivity index (χ1n) is 5.76. The van der Waals surface area contributed by atoms with Crippen LogP contribution < -0.4 is 4.74 Å². The second-order valence-corrected chi connectivity index (χ2v) is 5.04. The molecule has 0 aromatic heterocycles. The second-order valence-electron chi connectivity index (χ2n) is 5.04. The van der Waals surface area contributed by atoms with Gasteiger partial charge in [0.2, 0.25) is 0 Å². The number of rotatable bonds is 4. The average Bonchev–Trinajstić information content (AvgIpc) is 2.26. The first-order valence-corrected chi connectivity index (χ1v) is 5.76. The molecule has 0 heterocycles. The van der Waals surface area contributed by atoms with Crippen molar-refractivity contribution in [1.82, 2.24) is 4.90 Å². The summed E-state index contributed by atoms with van der Waals surface area (Å²) in [6.07, 6.45) is -5.89. The lowest BCUT2D eigenvalue weighted by atomic mass is 9.89. The number of hydrogen-bond acceptors (Lipinski definition) is 3. The molecule has 0 aliphatic rings. The number of halogens is 3. The summed E-state index contributed by atoms with van der Waals surface area (Å²) in [5.41, 5.74) is -0.621. The molecule has 0 bridgehead atoms. The molecule has 0 spiro atoms. The van der Waals surface area contributed by atoms with Gasteiger partial charge in [-0.25, -0.2) is 0 Å². The van der Waals surface area contributed by atoms with Crippen molar-refractivity contribution in [3.63, 3.8) is 0 Å². The summed E-state index contributed by atoms with van der Waals surface area (Å²) in [6, 6.07) is 5.61. The number of ether oxygens (including phenoxy) is 1. The molecule has 1 atom stereocenters. The van der Waals surface area contributed by atoms with Crippen LogP contribution in [0.5, 0.6) is 5.75 Å². The normalized spacial score (nSPS) is 14.6. The molecular formula is C13H18F3NO2. The quantitative estimate of drug-likeness (QED) is 0.918. The van der Waals surface area contributed by atoms with Gasteiger partial charge in [0.15, 0.2) is 0 Å². The zero-order chi connectivity index (χ0) is 14.8. The molecule has 1 aromatic rings. The van der Waals surface area contributed by atoms with Gasteiger partial charge in [-0.2, -0.15) is 0 Å². The van der Waals surface area contributed by atoms with Gasteiger partial charge in [-0.15, -0.1) is 13.2 Å². The minimum absolute atomic E-state index is 0.110. The van der Waals surface area contributed by atoms with Gasteiger partial charge >= 0.3 is 6.36 Å². The fourth-order valence-electron chi connectivity index (χ4n) is 1.55. The molecule has 0 amide bonds. The first kappa shape index (κ1) is 15.8. The Morgan fingerprint density at radius 3 is 2.16 bits per heavy atom. The Morgan fingerprint density at radius 1 is 1.16 bits per heavy atom. The summed E-state index contributed by atoms with van der Waals surface area (Å²) in [5, 5.41) is 10.3. The highest BCUT2D eigenvalue weighted by atomic mass is 19.4. The van der Waals surface area contributed by atoms with Crippen LogP contribution in [0.3, 0.4) is 0 Å². The van der Waals surface area contributed by atoms with Crippen molar-refractivity contribution in [3.05, 3.63) is 29.8 Å². The second kappa shape index (κ2) is 5.38. The van der Waals surface area contributed by atoms with E-state index < -0.39 is 18.0 Å². The number of para-hydroxylation sites is 1.